The lowest BCUT2D eigenvalue weighted by Gasteiger charge is -2.14. The predicted molar refractivity (Wildman–Crippen MR) is 87.6 cm³/mol. The number of carbonyl (C=O) groups excluding carboxylic acids is 1. The molecule has 0 radical (unpaired) electrons. The molecule has 2 aromatic heterocycles. The molecular weight excluding hydrogens is 290 g/mol. The lowest BCUT2D eigenvalue weighted by atomic mass is 10.0. The van der Waals surface area contributed by atoms with E-state index in [4.69, 9.17) is 4.98 Å². The fourth-order valence-electron chi connectivity index (χ4n) is 3.15. The molecule has 2 aromatic rings. The quantitative estimate of drug-likeness (QED) is 0.848. The first-order valence-electron chi connectivity index (χ1n) is 8.26. The van der Waals surface area contributed by atoms with Crippen LogP contribution in [0.4, 0.5) is 0 Å². The highest BCUT2D eigenvalue weighted by Gasteiger charge is 2.24. The number of carbonyl (C=O) groups is 1. The summed E-state index contributed by atoms with van der Waals surface area (Å²) >= 11 is 0. The summed E-state index contributed by atoms with van der Waals surface area (Å²) in [6, 6.07) is 1.98. The summed E-state index contributed by atoms with van der Waals surface area (Å²) in [4.78, 5) is 22.5. The van der Waals surface area contributed by atoms with Crippen LogP contribution in [0.25, 0.3) is 11.4 Å². The Hall–Kier alpha value is -2.24. The Kier molecular flexibility index (Phi) is 4.69. The van der Waals surface area contributed by atoms with Gasteiger partial charge < -0.3 is 4.90 Å². The summed E-state index contributed by atoms with van der Waals surface area (Å²) in [6.45, 7) is 6.34. The number of hydrogen-bond donors (Lipinski definition) is 0. The second kappa shape index (κ2) is 6.89. The maximum atomic E-state index is 11.4. The molecule has 6 heteroatoms. The number of likely N-dealkylation sites (tertiary alicyclic amines) is 1. The van der Waals surface area contributed by atoms with Gasteiger partial charge >= 0.3 is 0 Å². The number of amides is 1. The van der Waals surface area contributed by atoms with E-state index in [0.29, 0.717) is 5.92 Å². The Morgan fingerprint density at radius 1 is 1.39 bits per heavy atom. The minimum atomic E-state index is 0.163. The number of rotatable bonds is 5. The number of nitrogens with zero attached hydrogens (tertiary/aromatic N) is 5. The van der Waals surface area contributed by atoms with Crippen LogP contribution in [0.2, 0.25) is 0 Å². The van der Waals surface area contributed by atoms with Gasteiger partial charge in [-0.2, -0.15) is 5.10 Å². The monoisotopic (exact) mass is 313 g/mol. The van der Waals surface area contributed by atoms with Crippen molar-refractivity contribution in [2.45, 2.75) is 39.7 Å². The van der Waals surface area contributed by atoms with Gasteiger partial charge in [-0.1, -0.05) is 6.92 Å². The van der Waals surface area contributed by atoms with Crippen LogP contribution in [0.1, 0.15) is 32.4 Å². The Morgan fingerprint density at radius 2 is 2.26 bits per heavy atom. The van der Waals surface area contributed by atoms with Crippen LogP contribution in [0.5, 0.6) is 0 Å². The van der Waals surface area contributed by atoms with Crippen LogP contribution in [0.15, 0.2) is 24.7 Å². The van der Waals surface area contributed by atoms with Gasteiger partial charge in [0.05, 0.1) is 17.6 Å². The standard InChI is InChI=1S/C17H23N5O/c1-3-7-22-17(4-6-19-22)16-11-18-10-15(20-16)9-14-5-8-21(12-14)13(2)23/h4,6,10-11,14H,3,5,7-9,12H2,1-2H3. The minimum absolute atomic E-state index is 0.163. The highest BCUT2D eigenvalue weighted by atomic mass is 16.2. The molecule has 0 saturated carbocycles. The van der Waals surface area contributed by atoms with Crippen molar-refractivity contribution in [3.63, 3.8) is 0 Å². The molecule has 6 nitrogen and oxygen atoms in total. The van der Waals surface area contributed by atoms with Gasteiger partial charge in [0.2, 0.25) is 5.91 Å². The summed E-state index contributed by atoms with van der Waals surface area (Å²) in [5.74, 6) is 0.639. The van der Waals surface area contributed by atoms with Crippen LogP contribution < -0.4 is 0 Å². The third-order valence-corrected chi connectivity index (χ3v) is 4.33. The number of hydrogen-bond acceptors (Lipinski definition) is 4. The molecule has 1 atom stereocenters. The average Bonchev–Trinajstić information content (AvgIpc) is 3.17. The summed E-state index contributed by atoms with van der Waals surface area (Å²) in [5.41, 5.74) is 2.87. The Bertz CT molecular complexity index is 681. The maximum Gasteiger partial charge on any atom is 0.219 e. The van der Waals surface area contributed by atoms with Crippen molar-refractivity contribution in [3.8, 4) is 11.4 Å². The first kappa shape index (κ1) is 15.6. The van der Waals surface area contributed by atoms with E-state index >= 15 is 0 Å². The molecule has 3 rings (SSSR count). The van der Waals surface area contributed by atoms with E-state index in [1.54, 1.807) is 19.3 Å². The van der Waals surface area contributed by atoms with Crippen molar-refractivity contribution in [1.82, 2.24) is 24.6 Å². The molecule has 122 valence electrons. The lowest BCUT2D eigenvalue weighted by Crippen LogP contribution is -2.26. The van der Waals surface area contributed by atoms with Crippen molar-refractivity contribution in [1.29, 1.82) is 0 Å². The molecule has 1 amide bonds. The van der Waals surface area contributed by atoms with E-state index in [2.05, 4.69) is 17.0 Å². The van der Waals surface area contributed by atoms with E-state index in [-0.39, 0.29) is 5.91 Å². The van der Waals surface area contributed by atoms with Crippen molar-refractivity contribution >= 4 is 5.91 Å². The highest BCUT2D eigenvalue weighted by molar-refractivity contribution is 5.73. The van der Waals surface area contributed by atoms with E-state index in [0.717, 1.165) is 56.0 Å². The summed E-state index contributed by atoms with van der Waals surface area (Å²) in [5, 5.41) is 4.35. The zero-order valence-electron chi connectivity index (χ0n) is 13.8. The normalized spacial score (nSPS) is 17.7. The predicted octanol–water partition coefficient (Wildman–Crippen LogP) is 2.16. The second-order valence-electron chi connectivity index (χ2n) is 6.16. The molecule has 0 aliphatic carbocycles. The topological polar surface area (TPSA) is 63.9 Å². The van der Waals surface area contributed by atoms with Crippen molar-refractivity contribution in [2.75, 3.05) is 13.1 Å². The van der Waals surface area contributed by atoms with Gasteiger partial charge in [0.15, 0.2) is 0 Å². The summed E-state index contributed by atoms with van der Waals surface area (Å²) in [7, 11) is 0. The van der Waals surface area contributed by atoms with Crippen molar-refractivity contribution in [2.24, 2.45) is 5.92 Å². The zero-order chi connectivity index (χ0) is 16.2. The van der Waals surface area contributed by atoms with Crippen molar-refractivity contribution in [3.05, 3.63) is 30.4 Å². The van der Waals surface area contributed by atoms with Gasteiger partial charge in [0, 0.05) is 39.0 Å². The summed E-state index contributed by atoms with van der Waals surface area (Å²) < 4.78 is 1.97. The zero-order valence-corrected chi connectivity index (χ0v) is 13.8. The Labute approximate surface area is 136 Å². The van der Waals surface area contributed by atoms with Gasteiger partial charge in [-0.3, -0.25) is 14.5 Å². The summed E-state index contributed by atoms with van der Waals surface area (Å²) in [6.07, 6.45) is 8.38. The highest BCUT2D eigenvalue weighted by Crippen LogP contribution is 2.22. The van der Waals surface area contributed by atoms with Gasteiger partial charge in [0.25, 0.3) is 0 Å². The van der Waals surface area contributed by atoms with E-state index in [1.165, 1.54) is 0 Å². The molecule has 0 bridgehead atoms. The molecule has 1 fully saturated rings. The van der Waals surface area contributed by atoms with Crippen LogP contribution in [0.3, 0.4) is 0 Å². The SMILES string of the molecule is CCCn1nccc1-c1cncc(CC2CCN(C(C)=O)C2)n1. The third kappa shape index (κ3) is 3.57. The molecule has 3 heterocycles. The first-order valence-corrected chi connectivity index (χ1v) is 8.26. The van der Waals surface area contributed by atoms with E-state index in [9.17, 15) is 4.79 Å². The van der Waals surface area contributed by atoms with E-state index in [1.807, 2.05) is 21.8 Å². The van der Waals surface area contributed by atoms with Crippen LogP contribution in [0, 0.1) is 5.92 Å². The smallest absolute Gasteiger partial charge is 0.219 e. The fourth-order valence-corrected chi connectivity index (χ4v) is 3.15. The molecule has 1 aliphatic rings. The molecule has 0 N–H and O–H groups in total. The average molecular weight is 313 g/mol. The number of aromatic nitrogens is 4. The fraction of sp³-hybridized carbons (Fsp3) is 0.529. The molecule has 23 heavy (non-hydrogen) atoms. The lowest BCUT2D eigenvalue weighted by molar-refractivity contribution is -0.127. The maximum absolute atomic E-state index is 11.4. The molecular formula is C17H23N5O. The van der Waals surface area contributed by atoms with Gasteiger partial charge in [-0.05, 0) is 31.2 Å². The molecule has 1 saturated heterocycles. The van der Waals surface area contributed by atoms with Crippen LogP contribution >= 0.6 is 0 Å². The van der Waals surface area contributed by atoms with Crippen LogP contribution in [-0.2, 0) is 17.8 Å². The molecule has 1 unspecified atom stereocenters. The third-order valence-electron chi connectivity index (χ3n) is 4.33. The Balaban J connectivity index is 1.73. The Morgan fingerprint density at radius 3 is 3.00 bits per heavy atom. The largest absolute Gasteiger partial charge is 0.343 e. The van der Waals surface area contributed by atoms with E-state index < -0.39 is 0 Å². The van der Waals surface area contributed by atoms with Gasteiger partial charge in [-0.25, -0.2) is 4.98 Å². The first-order chi connectivity index (χ1) is 11.2. The second-order valence-corrected chi connectivity index (χ2v) is 6.16. The minimum Gasteiger partial charge on any atom is -0.343 e. The molecule has 1 aliphatic heterocycles. The molecule has 0 spiro atoms. The van der Waals surface area contributed by atoms with Gasteiger partial charge in [-0.15, -0.1) is 0 Å². The molecule has 0 aromatic carbocycles. The number of aryl methyl sites for hydroxylation is 1. The van der Waals surface area contributed by atoms with Crippen molar-refractivity contribution < 1.29 is 4.79 Å². The van der Waals surface area contributed by atoms with Crippen LogP contribution in [-0.4, -0.2) is 43.6 Å². The van der Waals surface area contributed by atoms with Gasteiger partial charge in [0.1, 0.15) is 5.69 Å².